The van der Waals surface area contributed by atoms with Gasteiger partial charge in [0.25, 0.3) is 0 Å². The zero-order valence-electron chi connectivity index (χ0n) is 16.7. The summed E-state index contributed by atoms with van der Waals surface area (Å²) in [5.74, 6) is 0.00202. The van der Waals surface area contributed by atoms with Gasteiger partial charge >= 0.3 is 6.18 Å². The van der Waals surface area contributed by atoms with E-state index in [-0.39, 0.29) is 11.8 Å². The van der Waals surface area contributed by atoms with Crippen molar-refractivity contribution in [2.24, 2.45) is 0 Å². The highest BCUT2D eigenvalue weighted by molar-refractivity contribution is 5.83. The fraction of sp³-hybridized carbons (Fsp3) is 0.435. The molecule has 156 valence electrons. The molecule has 1 saturated heterocycles. The molecule has 6 heteroatoms. The monoisotopic (exact) mass is 404 g/mol. The van der Waals surface area contributed by atoms with Crippen molar-refractivity contribution in [1.82, 2.24) is 9.80 Å². The van der Waals surface area contributed by atoms with Crippen molar-refractivity contribution in [3.63, 3.8) is 0 Å². The Kier molecular flexibility index (Phi) is 6.96. The number of halogens is 3. The highest BCUT2D eigenvalue weighted by Crippen LogP contribution is 2.32. The minimum atomic E-state index is -4.33. The van der Waals surface area contributed by atoms with Crippen LogP contribution in [0.1, 0.15) is 36.0 Å². The summed E-state index contributed by atoms with van der Waals surface area (Å²) in [4.78, 5) is 17.0. The molecule has 3 rings (SSSR count). The van der Waals surface area contributed by atoms with E-state index in [9.17, 15) is 18.0 Å². The number of nitrogens with zero attached hydrogens (tertiary/aromatic N) is 2. The van der Waals surface area contributed by atoms with Gasteiger partial charge in [-0.15, -0.1) is 0 Å². The molecule has 1 aliphatic heterocycles. The third-order valence-corrected chi connectivity index (χ3v) is 5.61. The van der Waals surface area contributed by atoms with Crippen LogP contribution in [-0.2, 0) is 17.4 Å². The summed E-state index contributed by atoms with van der Waals surface area (Å²) in [6, 6.07) is 15.6. The van der Waals surface area contributed by atoms with E-state index in [2.05, 4.69) is 4.90 Å². The van der Waals surface area contributed by atoms with Crippen LogP contribution < -0.4 is 0 Å². The molecule has 1 atom stereocenters. The molecule has 2 aromatic carbocycles. The van der Waals surface area contributed by atoms with Crippen LogP contribution in [0.15, 0.2) is 54.6 Å². The van der Waals surface area contributed by atoms with E-state index in [4.69, 9.17) is 0 Å². The van der Waals surface area contributed by atoms with E-state index in [0.717, 1.165) is 18.1 Å². The van der Waals surface area contributed by atoms with Crippen LogP contribution >= 0.6 is 0 Å². The Hall–Kier alpha value is -2.34. The van der Waals surface area contributed by atoms with E-state index in [1.807, 2.05) is 42.2 Å². The molecule has 0 aliphatic carbocycles. The molecule has 0 bridgehead atoms. The second-order valence-electron chi connectivity index (χ2n) is 7.44. The molecule has 0 aromatic heterocycles. The highest BCUT2D eigenvalue weighted by atomic mass is 19.4. The van der Waals surface area contributed by atoms with E-state index in [1.165, 1.54) is 6.07 Å². The standard InChI is InChI=1S/C23H27F3N2O/c1-2-20(18-8-4-3-5-9-18)22(29)28-16-14-27(15-17-28)13-12-19-10-6-7-11-21(19)23(24,25)26/h3-11,20H,2,12-17H2,1H3. The SMILES string of the molecule is CCC(C(=O)N1CCN(CCc2ccccc2C(F)(F)F)CC1)c1ccccc1. The Bertz CT molecular complexity index is 799. The lowest BCUT2D eigenvalue weighted by Gasteiger charge is -2.36. The van der Waals surface area contributed by atoms with E-state index < -0.39 is 11.7 Å². The van der Waals surface area contributed by atoms with Crippen molar-refractivity contribution in [3.8, 4) is 0 Å². The molecule has 29 heavy (non-hydrogen) atoms. The number of carbonyl (C=O) groups is 1. The Balaban J connectivity index is 1.54. The normalized spacial score (nSPS) is 16.6. The van der Waals surface area contributed by atoms with Crippen molar-refractivity contribution >= 4 is 5.91 Å². The topological polar surface area (TPSA) is 23.6 Å². The van der Waals surface area contributed by atoms with Gasteiger partial charge in [0.2, 0.25) is 5.91 Å². The summed E-state index contributed by atoms with van der Waals surface area (Å²) >= 11 is 0. The predicted octanol–water partition coefficient (Wildman–Crippen LogP) is 4.59. The van der Waals surface area contributed by atoms with Gasteiger partial charge in [-0.3, -0.25) is 9.69 Å². The Labute approximate surface area is 170 Å². The first kappa shape index (κ1) is 21.4. The molecule has 2 aromatic rings. The summed E-state index contributed by atoms with van der Waals surface area (Å²) in [6.45, 7) is 5.18. The minimum absolute atomic E-state index is 0.138. The lowest BCUT2D eigenvalue weighted by molar-refractivity contribution is -0.138. The van der Waals surface area contributed by atoms with Gasteiger partial charge < -0.3 is 4.90 Å². The summed E-state index contributed by atoms with van der Waals surface area (Å²) in [5, 5.41) is 0. The lowest BCUT2D eigenvalue weighted by atomic mass is 9.95. The molecule has 1 aliphatic rings. The van der Waals surface area contributed by atoms with Crippen LogP contribution in [0, 0.1) is 0 Å². The van der Waals surface area contributed by atoms with Gasteiger partial charge in [0.05, 0.1) is 11.5 Å². The quantitative estimate of drug-likeness (QED) is 0.703. The fourth-order valence-electron chi connectivity index (χ4n) is 3.94. The first-order valence-electron chi connectivity index (χ1n) is 10.1. The van der Waals surface area contributed by atoms with E-state index in [1.54, 1.807) is 12.1 Å². The van der Waals surface area contributed by atoms with Gasteiger partial charge in [-0.05, 0) is 30.0 Å². The third kappa shape index (κ3) is 5.38. The maximum atomic E-state index is 13.1. The molecule has 1 amide bonds. The summed E-state index contributed by atoms with van der Waals surface area (Å²) in [7, 11) is 0. The average molecular weight is 404 g/mol. The van der Waals surface area contributed by atoms with Gasteiger partial charge in [-0.2, -0.15) is 13.2 Å². The lowest BCUT2D eigenvalue weighted by Crippen LogP contribution is -2.50. The van der Waals surface area contributed by atoms with Crippen LogP contribution in [0.2, 0.25) is 0 Å². The Morgan fingerprint density at radius 1 is 0.966 bits per heavy atom. The number of piperazine rings is 1. The Morgan fingerprint density at radius 3 is 2.21 bits per heavy atom. The zero-order chi connectivity index (χ0) is 20.9. The molecule has 3 nitrogen and oxygen atoms in total. The maximum absolute atomic E-state index is 13.1. The van der Waals surface area contributed by atoms with Crippen molar-refractivity contribution in [2.75, 3.05) is 32.7 Å². The minimum Gasteiger partial charge on any atom is -0.340 e. The number of alkyl halides is 3. The maximum Gasteiger partial charge on any atom is 0.416 e. The van der Waals surface area contributed by atoms with Gasteiger partial charge in [0, 0.05) is 32.7 Å². The molecule has 1 unspecified atom stereocenters. The smallest absolute Gasteiger partial charge is 0.340 e. The molecule has 1 heterocycles. The molecular formula is C23H27F3N2O. The third-order valence-electron chi connectivity index (χ3n) is 5.61. The second-order valence-corrected chi connectivity index (χ2v) is 7.44. The molecular weight excluding hydrogens is 377 g/mol. The molecule has 1 fully saturated rings. The first-order chi connectivity index (χ1) is 13.9. The zero-order valence-corrected chi connectivity index (χ0v) is 16.7. The predicted molar refractivity (Wildman–Crippen MR) is 108 cm³/mol. The first-order valence-corrected chi connectivity index (χ1v) is 10.1. The molecule has 0 N–H and O–H groups in total. The van der Waals surface area contributed by atoms with Gasteiger partial charge in [0.1, 0.15) is 0 Å². The number of benzene rings is 2. The van der Waals surface area contributed by atoms with Gasteiger partial charge in [0.15, 0.2) is 0 Å². The van der Waals surface area contributed by atoms with Crippen LogP contribution in [0.25, 0.3) is 0 Å². The number of rotatable bonds is 6. The van der Waals surface area contributed by atoms with Crippen LogP contribution in [-0.4, -0.2) is 48.4 Å². The summed E-state index contributed by atoms with van der Waals surface area (Å²) < 4.78 is 39.4. The average Bonchev–Trinajstić information content (AvgIpc) is 2.73. The molecule has 0 saturated carbocycles. The van der Waals surface area contributed by atoms with E-state index in [0.29, 0.717) is 44.7 Å². The Morgan fingerprint density at radius 2 is 1.59 bits per heavy atom. The van der Waals surface area contributed by atoms with Crippen LogP contribution in [0.4, 0.5) is 13.2 Å². The van der Waals surface area contributed by atoms with Crippen LogP contribution in [0.5, 0.6) is 0 Å². The van der Waals surface area contributed by atoms with Crippen molar-refractivity contribution in [2.45, 2.75) is 31.9 Å². The van der Waals surface area contributed by atoms with Crippen molar-refractivity contribution < 1.29 is 18.0 Å². The highest BCUT2D eigenvalue weighted by Gasteiger charge is 2.33. The van der Waals surface area contributed by atoms with Crippen molar-refractivity contribution in [3.05, 3.63) is 71.3 Å². The largest absolute Gasteiger partial charge is 0.416 e. The number of amides is 1. The van der Waals surface area contributed by atoms with Crippen molar-refractivity contribution in [1.29, 1.82) is 0 Å². The second kappa shape index (κ2) is 9.44. The summed E-state index contributed by atoms with van der Waals surface area (Å²) in [5.41, 5.74) is 0.808. The van der Waals surface area contributed by atoms with Crippen LogP contribution in [0.3, 0.4) is 0 Å². The number of hydrogen-bond donors (Lipinski definition) is 0. The van der Waals surface area contributed by atoms with E-state index >= 15 is 0 Å². The molecule has 0 radical (unpaired) electrons. The number of carbonyl (C=O) groups excluding carboxylic acids is 1. The van der Waals surface area contributed by atoms with Gasteiger partial charge in [-0.25, -0.2) is 0 Å². The fourth-order valence-corrected chi connectivity index (χ4v) is 3.94. The summed E-state index contributed by atoms with van der Waals surface area (Å²) in [6.07, 6.45) is -3.23. The number of hydrogen-bond acceptors (Lipinski definition) is 2. The van der Waals surface area contributed by atoms with Gasteiger partial charge in [-0.1, -0.05) is 55.5 Å². The molecule has 0 spiro atoms.